The van der Waals surface area contributed by atoms with Gasteiger partial charge in [0.05, 0.1) is 31.9 Å². The Morgan fingerprint density at radius 2 is 1.81 bits per heavy atom. The lowest BCUT2D eigenvalue weighted by atomic mass is 9.96. The smallest absolute Gasteiger partial charge is 0.321 e. The predicted octanol–water partition coefficient (Wildman–Crippen LogP) is 0.256. The van der Waals surface area contributed by atoms with E-state index in [1.165, 1.54) is 6.42 Å². The number of nitrogens with one attached hydrogen (secondary N) is 3. The first-order valence-corrected chi connectivity index (χ1v) is 9.58. The molecule has 1 aromatic carbocycles. The fourth-order valence-corrected chi connectivity index (χ4v) is 3.84. The minimum absolute atomic E-state index is 0.200. The van der Waals surface area contributed by atoms with Crippen molar-refractivity contribution < 1.29 is 19.6 Å². The summed E-state index contributed by atoms with van der Waals surface area (Å²) in [7, 11) is 0. The SMILES string of the molecule is O=C(C[NH+]1CCN(c2ccccc2O)CC1)NC(=O)NC1CCCCC1. The van der Waals surface area contributed by atoms with Crippen LogP contribution in [0, 0.1) is 0 Å². The lowest BCUT2D eigenvalue weighted by Gasteiger charge is -2.33. The van der Waals surface area contributed by atoms with Crippen molar-refractivity contribution in [1.29, 1.82) is 0 Å². The maximum absolute atomic E-state index is 12.1. The van der Waals surface area contributed by atoms with Crippen molar-refractivity contribution in [1.82, 2.24) is 10.6 Å². The van der Waals surface area contributed by atoms with Crippen molar-refractivity contribution >= 4 is 17.6 Å². The van der Waals surface area contributed by atoms with Gasteiger partial charge in [0.2, 0.25) is 0 Å². The summed E-state index contributed by atoms with van der Waals surface area (Å²) in [6.45, 7) is 3.44. The highest BCUT2D eigenvalue weighted by atomic mass is 16.3. The standard InChI is InChI=1S/C19H28N4O3/c24-17-9-5-4-8-16(17)23-12-10-22(11-13-23)14-18(25)21-19(26)20-15-6-2-1-3-7-15/h4-5,8-9,15,24H,1-3,6-7,10-14H2,(H2,20,21,25,26)/p+1. The molecule has 1 saturated heterocycles. The highest BCUT2D eigenvalue weighted by Crippen LogP contribution is 2.25. The number of hydrogen-bond donors (Lipinski definition) is 4. The molecule has 0 radical (unpaired) electrons. The molecule has 2 fully saturated rings. The summed E-state index contributed by atoms with van der Waals surface area (Å²) >= 11 is 0. The number of nitrogens with zero attached hydrogens (tertiary/aromatic N) is 1. The van der Waals surface area contributed by atoms with Crippen LogP contribution in [0.25, 0.3) is 0 Å². The van der Waals surface area contributed by atoms with Crippen LogP contribution in [0.1, 0.15) is 32.1 Å². The Kier molecular flexibility index (Phi) is 6.33. The molecule has 1 heterocycles. The van der Waals surface area contributed by atoms with Gasteiger partial charge in [-0.1, -0.05) is 31.4 Å². The predicted molar refractivity (Wildman–Crippen MR) is 99.4 cm³/mol. The van der Waals surface area contributed by atoms with E-state index in [4.69, 9.17) is 0 Å². The fraction of sp³-hybridized carbons (Fsp3) is 0.579. The zero-order chi connectivity index (χ0) is 18.4. The lowest BCUT2D eigenvalue weighted by molar-refractivity contribution is -0.892. The Morgan fingerprint density at radius 3 is 2.50 bits per heavy atom. The average Bonchev–Trinajstić information content (AvgIpc) is 2.63. The van der Waals surface area contributed by atoms with Gasteiger partial charge in [0.1, 0.15) is 5.75 Å². The molecule has 0 atom stereocenters. The molecule has 1 saturated carbocycles. The lowest BCUT2D eigenvalue weighted by Crippen LogP contribution is -3.16. The van der Waals surface area contributed by atoms with Crippen LogP contribution >= 0.6 is 0 Å². The van der Waals surface area contributed by atoms with Crippen molar-refractivity contribution in [3.05, 3.63) is 24.3 Å². The maximum Gasteiger partial charge on any atom is 0.321 e. The van der Waals surface area contributed by atoms with Crippen molar-refractivity contribution in [2.24, 2.45) is 0 Å². The first kappa shape index (κ1) is 18.5. The molecule has 1 aromatic rings. The number of para-hydroxylation sites is 2. The van der Waals surface area contributed by atoms with Crippen molar-refractivity contribution in [3.8, 4) is 5.75 Å². The second kappa shape index (κ2) is 8.89. The largest absolute Gasteiger partial charge is 0.506 e. The second-order valence-corrected chi connectivity index (χ2v) is 7.26. The number of piperazine rings is 1. The molecule has 4 N–H and O–H groups in total. The van der Waals surface area contributed by atoms with Gasteiger partial charge in [-0.05, 0) is 25.0 Å². The van der Waals surface area contributed by atoms with Gasteiger partial charge in [-0.2, -0.15) is 0 Å². The Morgan fingerprint density at radius 1 is 1.12 bits per heavy atom. The third-order valence-corrected chi connectivity index (χ3v) is 5.30. The summed E-state index contributed by atoms with van der Waals surface area (Å²) in [5, 5.41) is 15.3. The minimum Gasteiger partial charge on any atom is -0.506 e. The average molecular weight is 361 g/mol. The molecule has 0 spiro atoms. The molecule has 1 aliphatic heterocycles. The number of imide groups is 1. The number of hydrogen-bond acceptors (Lipinski definition) is 4. The number of carbonyl (C=O) groups is 2. The number of amides is 3. The van der Waals surface area contributed by atoms with E-state index in [1.807, 2.05) is 18.2 Å². The molecule has 0 bridgehead atoms. The van der Waals surface area contributed by atoms with Gasteiger partial charge in [-0.3, -0.25) is 10.1 Å². The molecular formula is C19H29N4O3+. The topological polar surface area (TPSA) is 86.1 Å². The number of phenolic OH excluding ortho intramolecular Hbond substituents is 1. The molecule has 26 heavy (non-hydrogen) atoms. The van der Waals surface area contributed by atoms with Crippen LogP contribution in [0.15, 0.2) is 24.3 Å². The summed E-state index contributed by atoms with van der Waals surface area (Å²) in [6.07, 6.45) is 5.52. The number of aromatic hydroxyl groups is 1. The van der Waals surface area contributed by atoms with E-state index in [9.17, 15) is 14.7 Å². The van der Waals surface area contributed by atoms with E-state index in [1.54, 1.807) is 6.07 Å². The molecule has 142 valence electrons. The van der Waals surface area contributed by atoms with Crippen LogP contribution in [0.4, 0.5) is 10.5 Å². The second-order valence-electron chi connectivity index (χ2n) is 7.26. The number of phenols is 1. The van der Waals surface area contributed by atoms with Crippen LogP contribution in [-0.2, 0) is 4.79 Å². The number of anilines is 1. The van der Waals surface area contributed by atoms with Crippen molar-refractivity contribution in [3.63, 3.8) is 0 Å². The zero-order valence-electron chi connectivity index (χ0n) is 15.2. The number of rotatable bonds is 4. The van der Waals surface area contributed by atoms with Crippen LogP contribution in [0.2, 0.25) is 0 Å². The summed E-state index contributed by atoms with van der Waals surface area (Å²) in [5.41, 5.74) is 0.836. The monoisotopic (exact) mass is 361 g/mol. The van der Waals surface area contributed by atoms with Crippen molar-refractivity contribution in [2.45, 2.75) is 38.1 Å². The van der Waals surface area contributed by atoms with E-state index in [-0.39, 0.29) is 23.7 Å². The molecular weight excluding hydrogens is 332 g/mol. The van der Waals surface area contributed by atoms with E-state index in [0.29, 0.717) is 6.54 Å². The highest BCUT2D eigenvalue weighted by Gasteiger charge is 2.24. The first-order valence-electron chi connectivity index (χ1n) is 9.58. The van der Waals surface area contributed by atoms with Gasteiger partial charge < -0.3 is 20.2 Å². The van der Waals surface area contributed by atoms with Gasteiger partial charge in [0.25, 0.3) is 5.91 Å². The molecule has 3 amide bonds. The normalized spacial score (nSPS) is 19.2. The quantitative estimate of drug-likeness (QED) is 0.620. The number of quaternary nitrogens is 1. The van der Waals surface area contributed by atoms with Crippen LogP contribution in [-0.4, -0.2) is 55.8 Å². The summed E-state index contributed by atoms with van der Waals surface area (Å²) in [4.78, 5) is 27.4. The number of benzene rings is 1. The molecule has 3 rings (SSSR count). The van der Waals surface area contributed by atoms with E-state index < -0.39 is 0 Å². The third kappa shape index (κ3) is 5.11. The highest BCUT2D eigenvalue weighted by molar-refractivity contribution is 5.94. The fourth-order valence-electron chi connectivity index (χ4n) is 3.84. The van der Waals surface area contributed by atoms with Gasteiger partial charge in [-0.15, -0.1) is 0 Å². The van der Waals surface area contributed by atoms with Gasteiger partial charge in [0, 0.05) is 6.04 Å². The Balaban J connectivity index is 1.39. The van der Waals surface area contributed by atoms with E-state index >= 15 is 0 Å². The Labute approximate surface area is 154 Å². The van der Waals surface area contributed by atoms with Crippen LogP contribution < -0.4 is 20.4 Å². The summed E-state index contributed by atoms with van der Waals surface area (Å²) < 4.78 is 0. The number of carbonyl (C=O) groups excluding carboxylic acids is 2. The molecule has 0 unspecified atom stereocenters. The van der Waals surface area contributed by atoms with Gasteiger partial charge in [-0.25, -0.2) is 4.79 Å². The van der Waals surface area contributed by atoms with Crippen LogP contribution in [0.5, 0.6) is 5.75 Å². The molecule has 7 nitrogen and oxygen atoms in total. The van der Waals surface area contributed by atoms with E-state index in [0.717, 1.165) is 62.4 Å². The van der Waals surface area contributed by atoms with Crippen molar-refractivity contribution in [2.75, 3.05) is 37.6 Å². The molecule has 0 aromatic heterocycles. The Hall–Kier alpha value is -2.28. The maximum atomic E-state index is 12.1. The van der Waals surface area contributed by atoms with Gasteiger partial charge in [0.15, 0.2) is 6.54 Å². The molecule has 2 aliphatic rings. The first-order chi connectivity index (χ1) is 12.6. The number of urea groups is 1. The van der Waals surface area contributed by atoms with Gasteiger partial charge >= 0.3 is 6.03 Å². The summed E-state index contributed by atoms with van der Waals surface area (Å²) in [5.74, 6) is 0.0531. The zero-order valence-corrected chi connectivity index (χ0v) is 15.2. The van der Waals surface area contributed by atoms with E-state index in [2.05, 4.69) is 15.5 Å². The minimum atomic E-state index is -0.367. The third-order valence-electron chi connectivity index (χ3n) is 5.30. The molecule has 1 aliphatic carbocycles. The Bertz CT molecular complexity index is 623. The molecule has 7 heteroatoms. The van der Waals surface area contributed by atoms with Crippen LogP contribution in [0.3, 0.4) is 0 Å². The summed E-state index contributed by atoms with van der Waals surface area (Å²) in [6, 6.07) is 7.14.